The Morgan fingerprint density at radius 2 is 2.00 bits per heavy atom. The molecule has 1 heterocycles. The van der Waals surface area contributed by atoms with Gasteiger partial charge in [0.2, 0.25) is 0 Å². The average molecular weight is 228 g/mol. The minimum absolute atomic E-state index is 0.464. The molecule has 3 nitrogen and oxygen atoms in total. The van der Waals surface area contributed by atoms with Crippen molar-refractivity contribution in [2.75, 3.05) is 5.73 Å². The molecule has 0 aliphatic carbocycles. The number of ether oxygens (including phenoxy) is 1. The first kappa shape index (κ1) is 11.5. The van der Waals surface area contributed by atoms with Crippen molar-refractivity contribution in [2.45, 2.75) is 20.5 Å². The van der Waals surface area contributed by atoms with Gasteiger partial charge in [-0.3, -0.25) is 4.98 Å². The topological polar surface area (TPSA) is 48.1 Å². The molecule has 3 heteroatoms. The first-order valence-electron chi connectivity index (χ1n) is 5.57. The lowest BCUT2D eigenvalue weighted by atomic mass is 10.1. The van der Waals surface area contributed by atoms with E-state index in [9.17, 15) is 0 Å². The minimum atomic E-state index is 0.464. The zero-order chi connectivity index (χ0) is 12.3. The van der Waals surface area contributed by atoms with Crippen LogP contribution in [-0.2, 0) is 6.61 Å². The Morgan fingerprint density at radius 1 is 1.18 bits per heavy atom. The summed E-state index contributed by atoms with van der Waals surface area (Å²) < 4.78 is 5.79. The predicted molar refractivity (Wildman–Crippen MR) is 68.9 cm³/mol. The normalized spacial score (nSPS) is 10.2. The molecule has 2 aromatic rings. The van der Waals surface area contributed by atoms with Crippen molar-refractivity contribution in [3.63, 3.8) is 0 Å². The van der Waals surface area contributed by atoms with Crippen LogP contribution in [0.3, 0.4) is 0 Å². The summed E-state index contributed by atoms with van der Waals surface area (Å²) in [6.45, 7) is 4.45. The van der Waals surface area contributed by atoms with Crippen molar-refractivity contribution in [3.8, 4) is 5.75 Å². The lowest BCUT2D eigenvalue weighted by Crippen LogP contribution is -2.02. The number of nitrogens with two attached hydrogens (primary N) is 1. The SMILES string of the molecule is Cc1ccc(N)c(C)c1OCc1ccccn1. The second-order valence-electron chi connectivity index (χ2n) is 4.04. The molecule has 0 saturated carbocycles. The molecule has 17 heavy (non-hydrogen) atoms. The van der Waals surface area contributed by atoms with Gasteiger partial charge in [-0.25, -0.2) is 0 Å². The van der Waals surface area contributed by atoms with E-state index in [-0.39, 0.29) is 0 Å². The third kappa shape index (κ3) is 2.56. The quantitative estimate of drug-likeness (QED) is 0.822. The molecule has 0 amide bonds. The van der Waals surface area contributed by atoms with Crippen molar-refractivity contribution in [2.24, 2.45) is 0 Å². The lowest BCUT2D eigenvalue weighted by Gasteiger charge is -2.13. The van der Waals surface area contributed by atoms with Crippen LogP contribution in [0.1, 0.15) is 16.8 Å². The van der Waals surface area contributed by atoms with Crippen LogP contribution >= 0.6 is 0 Å². The van der Waals surface area contributed by atoms with Gasteiger partial charge in [-0.05, 0) is 37.6 Å². The van der Waals surface area contributed by atoms with E-state index in [2.05, 4.69) is 4.98 Å². The van der Waals surface area contributed by atoms with E-state index in [0.717, 1.165) is 28.3 Å². The van der Waals surface area contributed by atoms with Gasteiger partial charge in [0.15, 0.2) is 0 Å². The Bertz CT molecular complexity index is 509. The van der Waals surface area contributed by atoms with Crippen molar-refractivity contribution in [3.05, 3.63) is 53.3 Å². The zero-order valence-corrected chi connectivity index (χ0v) is 10.1. The molecule has 0 saturated heterocycles. The van der Waals surface area contributed by atoms with Crippen LogP contribution < -0.4 is 10.5 Å². The highest BCUT2D eigenvalue weighted by molar-refractivity contribution is 5.56. The Labute approximate surface area is 101 Å². The Hall–Kier alpha value is -2.03. The number of nitrogen functional groups attached to an aromatic ring is 1. The fraction of sp³-hybridized carbons (Fsp3) is 0.214. The van der Waals surface area contributed by atoms with E-state index < -0.39 is 0 Å². The molecular weight excluding hydrogens is 212 g/mol. The van der Waals surface area contributed by atoms with Gasteiger partial charge in [0, 0.05) is 17.4 Å². The molecule has 0 aliphatic heterocycles. The molecule has 2 rings (SSSR count). The van der Waals surface area contributed by atoms with Crippen LogP contribution in [0.25, 0.3) is 0 Å². The van der Waals surface area contributed by atoms with Crippen LogP contribution in [0.4, 0.5) is 5.69 Å². The molecule has 0 radical (unpaired) electrons. The molecule has 2 N–H and O–H groups in total. The summed E-state index contributed by atoms with van der Waals surface area (Å²) in [7, 11) is 0. The van der Waals surface area contributed by atoms with Crippen LogP contribution in [0, 0.1) is 13.8 Å². The first-order chi connectivity index (χ1) is 8.18. The van der Waals surface area contributed by atoms with Gasteiger partial charge in [-0.1, -0.05) is 12.1 Å². The van der Waals surface area contributed by atoms with Gasteiger partial charge in [-0.2, -0.15) is 0 Å². The van der Waals surface area contributed by atoms with Gasteiger partial charge >= 0.3 is 0 Å². The second-order valence-corrected chi connectivity index (χ2v) is 4.04. The third-order valence-electron chi connectivity index (χ3n) is 2.74. The fourth-order valence-electron chi connectivity index (χ4n) is 1.69. The highest BCUT2D eigenvalue weighted by Crippen LogP contribution is 2.28. The van der Waals surface area contributed by atoms with Crippen molar-refractivity contribution >= 4 is 5.69 Å². The largest absolute Gasteiger partial charge is 0.487 e. The summed E-state index contributed by atoms with van der Waals surface area (Å²) in [6, 6.07) is 9.65. The number of rotatable bonds is 3. The van der Waals surface area contributed by atoms with E-state index in [0.29, 0.717) is 6.61 Å². The third-order valence-corrected chi connectivity index (χ3v) is 2.74. The van der Waals surface area contributed by atoms with Crippen LogP contribution in [0.15, 0.2) is 36.5 Å². The first-order valence-corrected chi connectivity index (χ1v) is 5.57. The predicted octanol–water partition coefficient (Wildman–Crippen LogP) is 2.86. The zero-order valence-electron chi connectivity index (χ0n) is 10.1. The molecule has 0 unspecified atom stereocenters. The van der Waals surface area contributed by atoms with E-state index in [1.807, 2.05) is 44.2 Å². The average Bonchev–Trinajstić information content (AvgIpc) is 2.35. The minimum Gasteiger partial charge on any atom is -0.487 e. The smallest absolute Gasteiger partial charge is 0.130 e. The maximum absolute atomic E-state index is 5.86. The van der Waals surface area contributed by atoms with Crippen LogP contribution in [-0.4, -0.2) is 4.98 Å². The summed E-state index contributed by atoms with van der Waals surface area (Å²) in [5, 5.41) is 0. The van der Waals surface area contributed by atoms with Gasteiger partial charge in [0.05, 0.1) is 5.69 Å². The maximum Gasteiger partial charge on any atom is 0.130 e. The van der Waals surface area contributed by atoms with E-state index in [1.165, 1.54) is 0 Å². The number of benzene rings is 1. The molecule has 0 bridgehead atoms. The van der Waals surface area contributed by atoms with Crippen molar-refractivity contribution < 1.29 is 4.74 Å². The maximum atomic E-state index is 5.86. The van der Waals surface area contributed by atoms with E-state index in [1.54, 1.807) is 6.20 Å². The number of hydrogen-bond acceptors (Lipinski definition) is 3. The number of hydrogen-bond donors (Lipinski definition) is 1. The molecule has 88 valence electrons. The Balaban J connectivity index is 2.17. The molecule has 0 aliphatic rings. The highest BCUT2D eigenvalue weighted by atomic mass is 16.5. The highest BCUT2D eigenvalue weighted by Gasteiger charge is 2.07. The molecule has 1 aromatic carbocycles. The van der Waals surface area contributed by atoms with Gasteiger partial charge in [0.1, 0.15) is 12.4 Å². The summed E-state index contributed by atoms with van der Waals surface area (Å²) in [5.41, 5.74) is 9.61. The monoisotopic (exact) mass is 228 g/mol. The standard InChI is InChI=1S/C14H16N2O/c1-10-6-7-13(15)11(2)14(10)17-9-12-5-3-4-8-16-12/h3-8H,9,15H2,1-2H3. The summed E-state index contributed by atoms with van der Waals surface area (Å²) in [4.78, 5) is 4.22. The number of aryl methyl sites for hydroxylation is 1. The number of anilines is 1. The molecule has 0 fully saturated rings. The second kappa shape index (κ2) is 4.87. The number of aromatic nitrogens is 1. The molecule has 0 spiro atoms. The Kier molecular flexibility index (Phi) is 3.28. The van der Waals surface area contributed by atoms with Gasteiger partial charge < -0.3 is 10.5 Å². The molecule has 0 atom stereocenters. The van der Waals surface area contributed by atoms with Gasteiger partial charge in [-0.15, -0.1) is 0 Å². The van der Waals surface area contributed by atoms with Crippen molar-refractivity contribution in [1.82, 2.24) is 4.98 Å². The van der Waals surface area contributed by atoms with Crippen LogP contribution in [0.2, 0.25) is 0 Å². The summed E-state index contributed by atoms with van der Waals surface area (Å²) in [5.74, 6) is 0.857. The number of pyridine rings is 1. The van der Waals surface area contributed by atoms with E-state index in [4.69, 9.17) is 10.5 Å². The summed E-state index contributed by atoms with van der Waals surface area (Å²) in [6.07, 6.45) is 1.76. The van der Waals surface area contributed by atoms with Gasteiger partial charge in [0.25, 0.3) is 0 Å². The van der Waals surface area contributed by atoms with Crippen molar-refractivity contribution in [1.29, 1.82) is 0 Å². The molecular formula is C14H16N2O. The van der Waals surface area contributed by atoms with E-state index >= 15 is 0 Å². The molecule has 1 aromatic heterocycles. The Morgan fingerprint density at radius 3 is 2.71 bits per heavy atom. The number of nitrogens with zero attached hydrogens (tertiary/aromatic N) is 1. The fourth-order valence-corrected chi connectivity index (χ4v) is 1.69. The van der Waals surface area contributed by atoms with Crippen LogP contribution in [0.5, 0.6) is 5.75 Å². The lowest BCUT2D eigenvalue weighted by molar-refractivity contribution is 0.297. The summed E-state index contributed by atoms with van der Waals surface area (Å²) >= 11 is 0.